The van der Waals surface area contributed by atoms with Gasteiger partial charge in [-0.3, -0.25) is 0 Å². The number of aryl methyl sites for hydroxylation is 1. The maximum absolute atomic E-state index is 12.8. The van der Waals surface area contributed by atoms with Crippen molar-refractivity contribution in [1.82, 2.24) is 19.1 Å². The molecule has 29 heavy (non-hydrogen) atoms. The maximum Gasteiger partial charge on any atom is 0.252 e. The van der Waals surface area contributed by atoms with E-state index in [0.717, 1.165) is 23.9 Å². The molecule has 0 radical (unpaired) electrons. The molecule has 160 valence electrons. The van der Waals surface area contributed by atoms with Crippen LogP contribution in [0.3, 0.4) is 0 Å². The number of ether oxygens (including phenoxy) is 1. The standard InChI is InChI=1S/C19H29N5O3S2/c1-4-20-19(23(3)15-16-6-5-9-22(16)2)21-14-17-7-8-18(28-17)29(25,26)24-10-12-27-13-11-24/h5-9H,4,10-15H2,1-3H3,(H,20,21). The zero-order valence-corrected chi connectivity index (χ0v) is 18.8. The molecule has 8 nitrogen and oxygen atoms in total. The van der Waals surface area contributed by atoms with E-state index < -0.39 is 10.0 Å². The fourth-order valence-electron chi connectivity index (χ4n) is 3.10. The van der Waals surface area contributed by atoms with Crippen molar-refractivity contribution >= 4 is 27.3 Å². The quantitative estimate of drug-likeness (QED) is 0.525. The van der Waals surface area contributed by atoms with E-state index in [-0.39, 0.29) is 0 Å². The molecule has 1 aliphatic heterocycles. The SMILES string of the molecule is CCNC(=NCc1ccc(S(=O)(=O)N2CCOCC2)s1)N(C)Cc1cccn1C. The lowest BCUT2D eigenvalue weighted by molar-refractivity contribution is 0.0731. The second-order valence-electron chi connectivity index (χ2n) is 6.87. The molecule has 0 spiro atoms. The summed E-state index contributed by atoms with van der Waals surface area (Å²) >= 11 is 1.29. The van der Waals surface area contributed by atoms with Gasteiger partial charge in [-0.15, -0.1) is 11.3 Å². The van der Waals surface area contributed by atoms with Gasteiger partial charge in [-0.05, 0) is 31.2 Å². The van der Waals surface area contributed by atoms with Crippen molar-refractivity contribution in [1.29, 1.82) is 0 Å². The first-order valence-electron chi connectivity index (χ1n) is 9.68. The first-order chi connectivity index (χ1) is 13.9. The summed E-state index contributed by atoms with van der Waals surface area (Å²) in [6.45, 7) is 5.66. The molecule has 2 aromatic heterocycles. The van der Waals surface area contributed by atoms with Crippen LogP contribution in [0, 0.1) is 0 Å². The summed E-state index contributed by atoms with van der Waals surface area (Å²) in [7, 11) is 0.570. The average Bonchev–Trinajstić information content (AvgIpc) is 3.35. The normalized spacial score (nSPS) is 16.2. The summed E-state index contributed by atoms with van der Waals surface area (Å²) in [6.07, 6.45) is 2.02. The maximum atomic E-state index is 12.8. The monoisotopic (exact) mass is 439 g/mol. The molecule has 0 atom stereocenters. The Balaban J connectivity index is 1.69. The zero-order valence-electron chi connectivity index (χ0n) is 17.2. The summed E-state index contributed by atoms with van der Waals surface area (Å²) in [4.78, 5) is 7.69. The lowest BCUT2D eigenvalue weighted by Gasteiger charge is -2.25. The smallest absolute Gasteiger partial charge is 0.252 e. The largest absolute Gasteiger partial charge is 0.379 e. The third-order valence-electron chi connectivity index (χ3n) is 4.73. The zero-order chi connectivity index (χ0) is 20.9. The highest BCUT2D eigenvalue weighted by Crippen LogP contribution is 2.26. The second-order valence-corrected chi connectivity index (χ2v) is 10.2. The number of morpholine rings is 1. The minimum atomic E-state index is -3.45. The number of rotatable bonds is 7. The predicted octanol–water partition coefficient (Wildman–Crippen LogP) is 1.70. The Morgan fingerprint density at radius 1 is 1.31 bits per heavy atom. The summed E-state index contributed by atoms with van der Waals surface area (Å²) in [5.74, 6) is 0.791. The second kappa shape index (κ2) is 9.75. The Bertz CT molecular complexity index is 929. The van der Waals surface area contributed by atoms with Crippen LogP contribution in [0.15, 0.2) is 39.7 Å². The van der Waals surface area contributed by atoms with Gasteiger partial charge in [-0.2, -0.15) is 4.31 Å². The van der Waals surface area contributed by atoms with E-state index >= 15 is 0 Å². The van der Waals surface area contributed by atoms with E-state index in [2.05, 4.69) is 20.9 Å². The summed E-state index contributed by atoms with van der Waals surface area (Å²) in [5, 5.41) is 3.30. The third-order valence-corrected chi connectivity index (χ3v) is 8.17. The lowest BCUT2D eigenvalue weighted by atomic mass is 10.4. The number of aromatic nitrogens is 1. The van der Waals surface area contributed by atoms with Gasteiger partial charge < -0.3 is 19.5 Å². The van der Waals surface area contributed by atoms with Crippen LogP contribution in [0.4, 0.5) is 0 Å². The van der Waals surface area contributed by atoms with Crippen LogP contribution in [0.2, 0.25) is 0 Å². The van der Waals surface area contributed by atoms with Crippen LogP contribution < -0.4 is 5.32 Å². The van der Waals surface area contributed by atoms with Gasteiger partial charge in [-0.1, -0.05) is 0 Å². The van der Waals surface area contributed by atoms with Gasteiger partial charge in [0.25, 0.3) is 10.0 Å². The first-order valence-corrected chi connectivity index (χ1v) is 11.9. The highest BCUT2D eigenvalue weighted by atomic mass is 32.2. The molecule has 3 heterocycles. The first kappa shape index (κ1) is 21.8. The molecular weight excluding hydrogens is 410 g/mol. The molecule has 3 rings (SSSR count). The number of hydrogen-bond acceptors (Lipinski definition) is 5. The molecular formula is C19H29N5O3S2. The van der Waals surface area contributed by atoms with Crippen LogP contribution in [0.1, 0.15) is 17.5 Å². The van der Waals surface area contributed by atoms with E-state index in [1.807, 2.05) is 39.3 Å². The molecule has 0 amide bonds. The average molecular weight is 440 g/mol. The molecule has 0 unspecified atom stereocenters. The summed E-state index contributed by atoms with van der Waals surface area (Å²) < 4.78 is 34.8. The van der Waals surface area contributed by atoms with E-state index in [9.17, 15) is 8.42 Å². The van der Waals surface area contributed by atoms with Gasteiger partial charge in [-0.25, -0.2) is 13.4 Å². The molecule has 1 saturated heterocycles. The lowest BCUT2D eigenvalue weighted by Crippen LogP contribution is -2.40. The fourth-order valence-corrected chi connectivity index (χ4v) is 5.94. The minimum absolute atomic E-state index is 0.367. The molecule has 2 aromatic rings. The summed E-state index contributed by atoms with van der Waals surface area (Å²) in [6, 6.07) is 7.64. The van der Waals surface area contributed by atoms with Crippen LogP contribution in [-0.2, 0) is 34.9 Å². The van der Waals surface area contributed by atoms with Crippen molar-refractivity contribution in [3.63, 3.8) is 0 Å². The number of guanidine groups is 1. The van der Waals surface area contributed by atoms with Crippen molar-refractivity contribution in [3.8, 4) is 0 Å². The van der Waals surface area contributed by atoms with Crippen LogP contribution >= 0.6 is 11.3 Å². The van der Waals surface area contributed by atoms with Gasteiger partial charge in [0, 0.05) is 50.5 Å². The minimum Gasteiger partial charge on any atom is -0.379 e. The number of nitrogens with zero attached hydrogens (tertiary/aromatic N) is 4. The third kappa shape index (κ3) is 5.39. The van der Waals surface area contributed by atoms with Gasteiger partial charge >= 0.3 is 0 Å². The van der Waals surface area contributed by atoms with Crippen LogP contribution in [-0.4, -0.2) is 68.0 Å². The molecule has 0 bridgehead atoms. The van der Waals surface area contributed by atoms with Gasteiger partial charge in [0.05, 0.1) is 26.3 Å². The van der Waals surface area contributed by atoms with Crippen molar-refractivity contribution in [3.05, 3.63) is 41.0 Å². The number of aliphatic imine (C=N–C) groups is 1. The summed E-state index contributed by atoms with van der Waals surface area (Å²) in [5.41, 5.74) is 1.19. The molecule has 1 fully saturated rings. The number of thiophene rings is 1. The molecule has 10 heteroatoms. The highest BCUT2D eigenvalue weighted by Gasteiger charge is 2.27. The van der Waals surface area contributed by atoms with Gasteiger partial charge in [0.2, 0.25) is 0 Å². The molecule has 0 aromatic carbocycles. The van der Waals surface area contributed by atoms with Crippen molar-refractivity contribution in [2.75, 3.05) is 39.9 Å². The Labute approximate surface area is 176 Å². The van der Waals surface area contributed by atoms with Crippen LogP contribution in [0.25, 0.3) is 0 Å². The number of sulfonamides is 1. The van der Waals surface area contributed by atoms with Crippen molar-refractivity contribution in [2.45, 2.75) is 24.2 Å². The molecule has 1 aliphatic rings. The Hall–Kier alpha value is -1.88. The van der Waals surface area contributed by atoms with E-state index in [4.69, 9.17) is 9.73 Å². The van der Waals surface area contributed by atoms with Crippen molar-refractivity contribution in [2.24, 2.45) is 12.0 Å². The number of hydrogen-bond donors (Lipinski definition) is 1. The van der Waals surface area contributed by atoms with E-state index in [0.29, 0.717) is 37.1 Å². The van der Waals surface area contributed by atoms with E-state index in [1.54, 1.807) is 6.07 Å². The Morgan fingerprint density at radius 2 is 2.07 bits per heavy atom. The molecule has 1 N–H and O–H groups in total. The predicted molar refractivity (Wildman–Crippen MR) is 116 cm³/mol. The fraction of sp³-hybridized carbons (Fsp3) is 0.526. The Kier molecular flexibility index (Phi) is 7.33. The van der Waals surface area contributed by atoms with Crippen LogP contribution in [0.5, 0.6) is 0 Å². The van der Waals surface area contributed by atoms with Gasteiger partial charge in [0.15, 0.2) is 5.96 Å². The molecule has 0 saturated carbocycles. The Morgan fingerprint density at radius 3 is 2.72 bits per heavy atom. The van der Waals surface area contributed by atoms with E-state index in [1.165, 1.54) is 21.3 Å². The number of nitrogens with one attached hydrogen (secondary N) is 1. The topological polar surface area (TPSA) is 79.2 Å². The molecule has 0 aliphatic carbocycles. The highest BCUT2D eigenvalue weighted by molar-refractivity contribution is 7.91. The van der Waals surface area contributed by atoms with Crippen molar-refractivity contribution < 1.29 is 13.2 Å². The van der Waals surface area contributed by atoms with Gasteiger partial charge in [0.1, 0.15) is 4.21 Å².